The summed E-state index contributed by atoms with van der Waals surface area (Å²) in [5.41, 5.74) is 1.74. The summed E-state index contributed by atoms with van der Waals surface area (Å²) >= 11 is 1.53. The van der Waals surface area contributed by atoms with Crippen molar-refractivity contribution < 1.29 is 4.79 Å². The summed E-state index contributed by atoms with van der Waals surface area (Å²) in [6.45, 7) is 4.25. The maximum atomic E-state index is 12.8. The van der Waals surface area contributed by atoms with Gasteiger partial charge in [0.1, 0.15) is 4.83 Å². The summed E-state index contributed by atoms with van der Waals surface area (Å²) in [5, 5.41) is 2.90. The zero-order chi connectivity index (χ0) is 19.8. The molecule has 5 nitrogen and oxygen atoms in total. The van der Waals surface area contributed by atoms with Crippen molar-refractivity contribution in [2.45, 2.75) is 26.8 Å². The molecule has 0 spiro atoms. The van der Waals surface area contributed by atoms with Crippen LogP contribution in [0.3, 0.4) is 0 Å². The van der Waals surface area contributed by atoms with Gasteiger partial charge in [0.15, 0.2) is 0 Å². The van der Waals surface area contributed by atoms with E-state index in [4.69, 9.17) is 0 Å². The van der Waals surface area contributed by atoms with Gasteiger partial charge in [-0.1, -0.05) is 30.3 Å². The number of amides is 1. The third kappa shape index (κ3) is 3.20. The molecule has 0 unspecified atom stereocenters. The molecule has 0 atom stereocenters. The van der Waals surface area contributed by atoms with Crippen LogP contribution in [0.1, 0.15) is 16.9 Å². The molecule has 28 heavy (non-hydrogen) atoms. The van der Waals surface area contributed by atoms with E-state index < -0.39 is 0 Å². The molecule has 0 saturated carbocycles. The third-order valence-electron chi connectivity index (χ3n) is 5.22. The molecule has 2 aromatic heterocycles. The summed E-state index contributed by atoms with van der Waals surface area (Å²) in [5.74, 6) is -0.0412. The molecule has 142 valence electrons. The molecule has 1 amide bonds. The Morgan fingerprint density at radius 1 is 1.14 bits per heavy atom. The minimum absolute atomic E-state index is 0.0412. The van der Waals surface area contributed by atoms with Crippen molar-refractivity contribution in [1.29, 1.82) is 0 Å². The molecular formula is C22H21N3O2S. The topological polar surface area (TPSA) is 55.2 Å². The lowest BCUT2D eigenvalue weighted by Crippen LogP contribution is -2.29. The zero-order valence-corrected chi connectivity index (χ0v) is 16.9. The number of nitrogens with zero attached hydrogens (tertiary/aromatic N) is 3. The number of thiophene rings is 1. The van der Waals surface area contributed by atoms with Gasteiger partial charge in [0, 0.05) is 30.6 Å². The van der Waals surface area contributed by atoms with Crippen molar-refractivity contribution in [3.8, 4) is 0 Å². The Morgan fingerprint density at radius 3 is 2.68 bits per heavy atom. The van der Waals surface area contributed by atoms with E-state index in [1.165, 1.54) is 15.9 Å². The fraction of sp³-hybridized carbons (Fsp3) is 0.227. The van der Waals surface area contributed by atoms with Crippen molar-refractivity contribution in [2.24, 2.45) is 0 Å². The summed E-state index contributed by atoms with van der Waals surface area (Å²) in [6, 6.07) is 14.0. The lowest BCUT2D eigenvalue weighted by atomic mass is 10.1. The van der Waals surface area contributed by atoms with E-state index in [0.717, 1.165) is 31.7 Å². The van der Waals surface area contributed by atoms with Gasteiger partial charge in [0.2, 0.25) is 5.91 Å². The van der Waals surface area contributed by atoms with E-state index in [1.54, 1.807) is 18.3 Å². The number of aromatic nitrogens is 2. The van der Waals surface area contributed by atoms with Crippen molar-refractivity contribution in [3.05, 3.63) is 69.6 Å². The summed E-state index contributed by atoms with van der Waals surface area (Å²) in [6.07, 6.45) is 1.78. The van der Waals surface area contributed by atoms with Crippen LogP contribution in [0.15, 0.2) is 53.6 Å². The molecule has 0 aliphatic rings. The summed E-state index contributed by atoms with van der Waals surface area (Å²) in [7, 11) is 1.77. The van der Waals surface area contributed by atoms with Crippen LogP contribution in [0.25, 0.3) is 21.0 Å². The van der Waals surface area contributed by atoms with Gasteiger partial charge in [-0.05, 0) is 42.3 Å². The fourth-order valence-corrected chi connectivity index (χ4v) is 4.33. The fourth-order valence-electron chi connectivity index (χ4n) is 3.34. The number of anilines is 1. The largest absolute Gasteiger partial charge is 0.315 e. The smallest absolute Gasteiger partial charge is 0.262 e. The SMILES string of the molecule is Cc1sc2ncn(CCC(=O)N(C)c3ccc4ccccc4c3)c(=O)c2c1C. The van der Waals surface area contributed by atoms with Crippen LogP contribution in [0, 0.1) is 13.8 Å². The Labute approximate surface area is 166 Å². The molecule has 4 rings (SSSR count). The van der Waals surface area contributed by atoms with Gasteiger partial charge in [-0.25, -0.2) is 4.98 Å². The maximum Gasteiger partial charge on any atom is 0.262 e. The lowest BCUT2D eigenvalue weighted by molar-refractivity contribution is -0.118. The van der Waals surface area contributed by atoms with E-state index in [-0.39, 0.29) is 17.9 Å². The normalized spacial score (nSPS) is 11.2. The van der Waals surface area contributed by atoms with Crippen LogP contribution in [-0.4, -0.2) is 22.5 Å². The van der Waals surface area contributed by atoms with E-state index in [0.29, 0.717) is 11.9 Å². The molecule has 2 aromatic carbocycles. The number of aryl methyl sites for hydroxylation is 3. The van der Waals surface area contributed by atoms with E-state index in [1.807, 2.05) is 56.3 Å². The average molecular weight is 391 g/mol. The number of hydrogen-bond acceptors (Lipinski definition) is 4. The van der Waals surface area contributed by atoms with Crippen LogP contribution in [0.5, 0.6) is 0 Å². The van der Waals surface area contributed by atoms with Crippen LogP contribution in [0.2, 0.25) is 0 Å². The Kier molecular flexibility index (Phi) is 4.73. The highest BCUT2D eigenvalue weighted by atomic mass is 32.1. The third-order valence-corrected chi connectivity index (χ3v) is 6.33. The van der Waals surface area contributed by atoms with Gasteiger partial charge in [-0.3, -0.25) is 14.2 Å². The van der Waals surface area contributed by atoms with Crippen LogP contribution in [-0.2, 0) is 11.3 Å². The maximum absolute atomic E-state index is 12.8. The minimum Gasteiger partial charge on any atom is -0.315 e. The second-order valence-electron chi connectivity index (χ2n) is 6.94. The Balaban J connectivity index is 1.53. The van der Waals surface area contributed by atoms with Crippen LogP contribution >= 0.6 is 11.3 Å². The van der Waals surface area contributed by atoms with Crippen molar-refractivity contribution in [1.82, 2.24) is 9.55 Å². The Bertz CT molecular complexity index is 1260. The quantitative estimate of drug-likeness (QED) is 0.522. The van der Waals surface area contributed by atoms with Gasteiger partial charge < -0.3 is 4.90 Å². The first-order valence-corrected chi connectivity index (χ1v) is 9.98. The van der Waals surface area contributed by atoms with E-state index in [9.17, 15) is 9.59 Å². The highest BCUT2D eigenvalue weighted by Gasteiger charge is 2.15. The molecule has 0 aliphatic heterocycles. The van der Waals surface area contributed by atoms with Crippen molar-refractivity contribution >= 4 is 43.9 Å². The summed E-state index contributed by atoms with van der Waals surface area (Å²) < 4.78 is 1.54. The van der Waals surface area contributed by atoms with Crippen molar-refractivity contribution in [3.63, 3.8) is 0 Å². The number of carbonyl (C=O) groups excluding carboxylic acids is 1. The molecule has 0 bridgehead atoms. The predicted molar refractivity (Wildman–Crippen MR) is 115 cm³/mol. The highest BCUT2D eigenvalue weighted by molar-refractivity contribution is 7.18. The number of fused-ring (bicyclic) bond motifs is 2. The molecule has 0 N–H and O–H groups in total. The van der Waals surface area contributed by atoms with Gasteiger partial charge in [0.25, 0.3) is 5.56 Å². The Hall–Kier alpha value is -2.99. The number of benzene rings is 2. The highest BCUT2D eigenvalue weighted by Crippen LogP contribution is 2.25. The second-order valence-corrected chi connectivity index (χ2v) is 8.14. The molecule has 2 heterocycles. The standard InChI is InChI=1S/C22H21N3O2S/c1-14-15(2)28-21-20(14)22(27)25(13-23-21)11-10-19(26)24(3)18-9-8-16-6-4-5-7-17(16)12-18/h4-9,12-13H,10-11H2,1-3H3. The molecule has 0 fully saturated rings. The summed E-state index contributed by atoms with van der Waals surface area (Å²) in [4.78, 5) is 33.4. The monoisotopic (exact) mass is 391 g/mol. The van der Waals surface area contributed by atoms with Gasteiger partial charge in [-0.15, -0.1) is 11.3 Å². The van der Waals surface area contributed by atoms with Crippen LogP contribution in [0.4, 0.5) is 5.69 Å². The number of rotatable bonds is 4. The molecule has 0 saturated heterocycles. The predicted octanol–water partition coefficient (Wildman–Crippen LogP) is 4.28. The minimum atomic E-state index is -0.0759. The Morgan fingerprint density at radius 2 is 1.89 bits per heavy atom. The molecule has 0 aliphatic carbocycles. The number of hydrogen-bond donors (Lipinski definition) is 0. The average Bonchev–Trinajstić information content (AvgIpc) is 3.00. The van der Waals surface area contributed by atoms with Crippen LogP contribution < -0.4 is 10.5 Å². The lowest BCUT2D eigenvalue weighted by Gasteiger charge is -2.18. The molecular weight excluding hydrogens is 370 g/mol. The first-order valence-electron chi connectivity index (χ1n) is 9.16. The van der Waals surface area contributed by atoms with Gasteiger partial charge in [0.05, 0.1) is 11.7 Å². The molecule has 0 radical (unpaired) electrons. The first-order chi connectivity index (χ1) is 13.5. The second kappa shape index (κ2) is 7.20. The van der Waals surface area contributed by atoms with E-state index >= 15 is 0 Å². The van der Waals surface area contributed by atoms with Gasteiger partial charge >= 0.3 is 0 Å². The van der Waals surface area contributed by atoms with E-state index in [2.05, 4.69) is 4.98 Å². The van der Waals surface area contributed by atoms with Crippen molar-refractivity contribution in [2.75, 3.05) is 11.9 Å². The zero-order valence-electron chi connectivity index (χ0n) is 16.1. The number of carbonyl (C=O) groups is 1. The first kappa shape index (κ1) is 18.4. The van der Waals surface area contributed by atoms with Gasteiger partial charge in [-0.2, -0.15) is 0 Å². The molecule has 4 aromatic rings. The molecule has 6 heteroatoms.